The fourth-order valence-corrected chi connectivity index (χ4v) is 2.91. The summed E-state index contributed by atoms with van der Waals surface area (Å²) in [5.74, 6) is -0.899. The maximum atomic E-state index is 12.3. The largest absolute Gasteiger partial charge is 0.481 e. The maximum Gasteiger partial charge on any atom is 0.310 e. The van der Waals surface area contributed by atoms with Crippen LogP contribution in [0.3, 0.4) is 0 Å². The summed E-state index contributed by atoms with van der Waals surface area (Å²) in [6.07, 6.45) is 7.38. The van der Waals surface area contributed by atoms with Crippen molar-refractivity contribution in [1.29, 1.82) is 0 Å². The van der Waals surface area contributed by atoms with Crippen LogP contribution in [0.25, 0.3) is 0 Å². The Balaban J connectivity index is 1.89. The standard InChI is InChI=1S/C16H22N2O3/c1-18(11-6-13-4-9-17-10-5-13)14(19)12-16(15(20)21)7-2-3-8-16/h4-5,9-10H,2-3,6-8,11-12H2,1H3,(H,20,21). The molecule has 0 spiro atoms. The SMILES string of the molecule is CN(CCc1ccncc1)C(=O)CC1(C(=O)O)CCCC1. The fraction of sp³-hybridized carbons (Fsp3) is 0.562. The minimum atomic E-state index is -0.831. The highest BCUT2D eigenvalue weighted by Crippen LogP contribution is 2.41. The lowest BCUT2D eigenvalue weighted by Gasteiger charge is -2.26. The number of rotatable bonds is 6. The third-order valence-corrected chi connectivity index (χ3v) is 4.41. The molecule has 1 saturated carbocycles. The van der Waals surface area contributed by atoms with Gasteiger partial charge >= 0.3 is 5.97 Å². The average Bonchev–Trinajstić information content (AvgIpc) is 2.95. The molecule has 1 aromatic rings. The minimum Gasteiger partial charge on any atom is -0.481 e. The Morgan fingerprint density at radius 2 is 1.90 bits per heavy atom. The van der Waals surface area contributed by atoms with E-state index in [0.29, 0.717) is 19.4 Å². The molecular weight excluding hydrogens is 268 g/mol. The second-order valence-electron chi connectivity index (χ2n) is 5.89. The number of hydrogen-bond acceptors (Lipinski definition) is 3. The lowest BCUT2D eigenvalue weighted by molar-refractivity contribution is -0.153. The van der Waals surface area contributed by atoms with E-state index in [2.05, 4.69) is 4.98 Å². The van der Waals surface area contributed by atoms with Gasteiger partial charge in [-0.3, -0.25) is 14.6 Å². The zero-order chi connectivity index (χ0) is 15.3. The van der Waals surface area contributed by atoms with Crippen LogP contribution in [-0.2, 0) is 16.0 Å². The highest BCUT2D eigenvalue weighted by Gasteiger charge is 2.43. The summed E-state index contributed by atoms with van der Waals surface area (Å²) in [6, 6.07) is 3.85. The van der Waals surface area contributed by atoms with E-state index < -0.39 is 11.4 Å². The molecule has 0 aromatic carbocycles. The van der Waals surface area contributed by atoms with E-state index in [4.69, 9.17) is 0 Å². The monoisotopic (exact) mass is 290 g/mol. The first-order valence-corrected chi connectivity index (χ1v) is 7.40. The lowest BCUT2D eigenvalue weighted by atomic mass is 9.82. The summed E-state index contributed by atoms with van der Waals surface area (Å²) in [6.45, 7) is 0.596. The molecule has 114 valence electrons. The number of carboxylic acids is 1. The van der Waals surface area contributed by atoms with Crippen molar-refractivity contribution in [3.05, 3.63) is 30.1 Å². The van der Waals surface area contributed by atoms with Gasteiger partial charge in [-0.25, -0.2) is 0 Å². The zero-order valence-electron chi connectivity index (χ0n) is 12.4. The van der Waals surface area contributed by atoms with Crippen molar-refractivity contribution >= 4 is 11.9 Å². The first-order chi connectivity index (χ1) is 10.0. The van der Waals surface area contributed by atoms with Gasteiger partial charge in [0, 0.05) is 32.4 Å². The fourth-order valence-electron chi connectivity index (χ4n) is 2.91. The molecule has 2 rings (SSSR count). The van der Waals surface area contributed by atoms with Gasteiger partial charge in [0.05, 0.1) is 5.41 Å². The predicted molar refractivity (Wildman–Crippen MR) is 78.7 cm³/mol. The van der Waals surface area contributed by atoms with E-state index in [1.165, 1.54) is 0 Å². The number of aromatic nitrogens is 1. The number of nitrogens with zero attached hydrogens (tertiary/aromatic N) is 2. The van der Waals surface area contributed by atoms with E-state index in [0.717, 1.165) is 24.8 Å². The molecule has 1 aromatic heterocycles. The number of likely N-dealkylation sites (N-methyl/N-ethyl adjacent to an activating group) is 1. The van der Waals surface area contributed by atoms with Gasteiger partial charge in [0.15, 0.2) is 0 Å². The molecule has 0 saturated heterocycles. The van der Waals surface area contributed by atoms with Crippen molar-refractivity contribution in [2.75, 3.05) is 13.6 Å². The molecule has 5 heteroatoms. The third kappa shape index (κ3) is 3.80. The highest BCUT2D eigenvalue weighted by molar-refractivity contribution is 5.85. The summed E-state index contributed by atoms with van der Waals surface area (Å²) in [4.78, 5) is 29.4. The normalized spacial score (nSPS) is 16.6. The van der Waals surface area contributed by atoms with Crippen molar-refractivity contribution in [3.63, 3.8) is 0 Å². The molecule has 1 heterocycles. The van der Waals surface area contributed by atoms with E-state index in [1.807, 2.05) is 12.1 Å². The van der Waals surface area contributed by atoms with Crippen molar-refractivity contribution < 1.29 is 14.7 Å². The van der Waals surface area contributed by atoms with Crippen LogP contribution in [0.2, 0.25) is 0 Å². The van der Waals surface area contributed by atoms with E-state index in [-0.39, 0.29) is 12.3 Å². The van der Waals surface area contributed by atoms with Crippen LogP contribution in [0.4, 0.5) is 0 Å². The van der Waals surface area contributed by atoms with Gasteiger partial charge < -0.3 is 10.0 Å². The summed E-state index contributed by atoms with van der Waals surface area (Å²) >= 11 is 0. The van der Waals surface area contributed by atoms with Crippen LogP contribution in [-0.4, -0.2) is 40.5 Å². The number of amides is 1. The van der Waals surface area contributed by atoms with Gasteiger partial charge in [0.1, 0.15) is 0 Å². The number of pyridine rings is 1. The molecule has 0 aliphatic heterocycles. The quantitative estimate of drug-likeness (QED) is 0.871. The summed E-state index contributed by atoms with van der Waals surface area (Å²) in [5, 5.41) is 9.42. The lowest BCUT2D eigenvalue weighted by Crippen LogP contribution is -2.37. The van der Waals surface area contributed by atoms with Crippen LogP contribution in [0.15, 0.2) is 24.5 Å². The number of hydrogen-bond donors (Lipinski definition) is 1. The topological polar surface area (TPSA) is 70.5 Å². The first kappa shape index (κ1) is 15.5. The van der Waals surface area contributed by atoms with Crippen LogP contribution in [0.1, 0.15) is 37.7 Å². The summed E-state index contributed by atoms with van der Waals surface area (Å²) in [7, 11) is 1.74. The molecule has 1 amide bonds. The second-order valence-corrected chi connectivity index (χ2v) is 5.89. The summed E-state index contributed by atoms with van der Waals surface area (Å²) < 4.78 is 0. The first-order valence-electron chi connectivity index (χ1n) is 7.40. The number of carboxylic acid groups (broad SMARTS) is 1. The molecule has 1 aliphatic rings. The number of carbonyl (C=O) groups excluding carboxylic acids is 1. The van der Waals surface area contributed by atoms with Crippen molar-refractivity contribution in [2.45, 2.75) is 38.5 Å². The van der Waals surface area contributed by atoms with E-state index >= 15 is 0 Å². The van der Waals surface area contributed by atoms with Crippen LogP contribution in [0, 0.1) is 5.41 Å². The molecule has 0 bridgehead atoms. The molecular formula is C16H22N2O3. The predicted octanol–water partition coefficient (Wildman–Crippen LogP) is 2.12. The zero-order valence-corrected chi connectivity index (χ0v) is 12.4. The van der Waals surface area contributed by atoms with E-state index in [1.54, 1.807) is 24.3 Å². The Bertz CT molecular complexity index is 496. The molecule has 0 unspecified atom stereocenters. The average molecular weight is 290 g/mol. The Morgan fingerprint density at radius 3 is 2.48 bits per heavy atom. The third-order valence-electron chi connectivity index (χ3n) is 4.41. The smallest absolute Gasteiger partial charge is 0.310 e. The highest BCUT2D eigenvalue weighted by atomic mass is 16.4. The van der Waals surface area contributed by atoms with Crippen molar-refractivity contribution in [3.8, 4) is 0 Å². The van der Waals surface area contributed by atoms with Gasteiger partial charge in [-0.05, 0) is 37.0 Å². The van der Waals surface area contributed by atoms with Crippen LogP contribution >= 0.6 is 0 Å². The van der Waals surface area contributed by atoms with Crippen LogP contribution in [0.5, 0.6) is 0 Å². The Hall–Kier alpha value is -1.91. The summed E-state index contributed by atoms with van der Waals surface area (Å²) in [5.41, 5.74) is 0.292. The van der Waals surface area contributed by atoms with Gasteiger partial charge in [-0.1, -0.05) is 12.8 Å². The second kappa shape index (κ2) is 6.70. The Morgan fingerprint density at radius 1 is 1.29 bits per heavy atom. The molecule has 0 atom stereocenters. The Kier molecular flexibility index (Phi) is 4.94. The molecule has 0 radical (unpaired) electrons. The Labute approximate surface area is 125 Å². The van der Waals surface area contributed by atoms with E-state index in [9.17, 15) is 14.7 Å². The molecule has 1 aliphatic carbocycles. The van der Waals surface area contributed by atoms with Crippen molar-refractivity contribution in [1.82, 2.24) is 9.88 Å². The number of carbonyl (C=O) groups is 2. The molecule has 5 nitrogen and oxygen atoms in total. The van der Waals surface area contributed by atoms with Gasteiger partial charge in [-0.15, -0.1) is 0 Å². The molecule has 1 N–H and O–H groups in total. The maximum absolute atomic E-state index is 12.3. The molecule has 1 fully saturated rings. The molecule has 21 heavy (non-hydrogen) atoms. The van der Waals surface area contributed by atoms with Gasteiger partial charge in [0.2, 0.25) is 5.91 Å². The minimum absolute atomic E-state index is 0.0756. The number of aliphatic carboxylic acids is 1. The van der Waals surface area contributed by atoms with Crippen molar-refractivity contribution in [2.24, 2.45) is 5.41 Å². The van der Waals surface area contributed by atoms with Gasteiger partial charge in [0.25, 0.3) is 0 Å². The van der Waals surface area contributed by atoms with Gasteiger partial charge in [-0.2, -0.15) is 0 Å². The van der Waals surface area contributed by atoms with Crippen LogP contribution < -0.4 is 0 Å².